The van der Waals surface area contributed by atoms with E-state index in [1.54, 1.807) is 12.1 Å². The van der Waals surface area contributed by atoms with Gasteiger partial charge in [0.25, 0.3) is 0 Å². The second-order valence-corrected chi connectivity index (χ2v) is 7.77. The van der Waals surface area contributed by atoms with Crippen molar-refractivity contribution < 1.29 is 18.4 Å². The van der Waals surface area contributed by atoms with Gasteiger partial charge < -0.3 is 19.5 Å². The summed E-state index contributed by atoms with van der Waals surface area (Å²) >= 11 is 0. The lowest BCUT2D eigenvalue weighted by Crippen LogP contribution is -2.45. The fourth-order valence-electron chi connectivity index (χ4n) is 3.82. The highest BCUT2D eigenvalue weighted by Gasteiger charge is 2.25. The molecule has 1 fully saturated rings. The lowest BCUT2D eigenvalue weighted by Gasteiger charge is -2.34. The first kappa shape index (κ1) is 22.0. The van der Waals surface area contributed by atoms with E-state index in [0.29, 0.717) is 11.3 Å². The van der Waals surface area contributed by atoms with Gasteiger partial charge in [0.2, 0.25) is 5.88 Å². The number of nitrogens with zero attached hydrogens (tertiary/aromatic N) is 3. The van der Waals surface area contributed by atoms with E-state index >= 15 is 0 Å². The zero-order valence-corrected chi connectivity index (χ0v) is 18.3. The van der Waals surface area contributed by atoms with Crippen molar-refractivity contribution in [2.75, 3.05) is 45.2 Å². The quantitative estimate of drug-likeness (QED) is 0.556. The molecule has 1 aliphatic heterocycles. The maximum atomic E-state index is 13.3. The molecular weight excluding hydrogens is 411 g/mol. The van der Waals surface area contributed by atoms with E-state index in [0.717, 1.165) is 45.0 Å². The number of halogens is 1. The maximum absolute atomic E-state index is 13.3. The molecule has 1 aromatic heterocycles. The van der Waals surface area contributed by atoms with Crippen LogP contribution in [0.3, 0.4) is 0 Å². The minimum absolute atomic E-state index is 0.164. The van der Waals surface area contributed by atoms with E-state index in [2.05, 4.69) is 39.3 Å². The third-order valence-electron chi connectivity index (χ3n) is 5.73. The van der Waals surface area contributed by atoms with E-state index in [1.807, 2.05) is 12.1 Å². The van der Waals surface area contributed by atoms with Crippen LogP contribution in [0.25, 0.3) is 11.3 Å². The molecule has 3 aromatic rings. The largest absolute Gasteiger partial charge is 0.465 e. The van der Waals surface area contributed by atoms with Gasteiger partial charge in [-0.1, -0.05) is 24.2 Å². The molecule has 4 rings (SSSR count). The molecule has 0 saturated carbocycles. The number of likely N-dealkylation sites (N-methyl/N-ethyl adjacent to an activating group) is 1. The van der Waals surface area contributed by atoms with Crippen LogP contribution in [0.5, 0.6) is 0 Å². The van der Waals surface area contributed by atoms with Gasteiger partial charge in [0.1, 0.15) is 11.5 Å². The fourth-order valence-corrected chi connectivity index (χ4v) is 3.82. The van der Waals surface area contributed by atoms with Crippen molar-refractivity contribution >= 4 is 17.5 Å². The lowest BCUT2D eigenvalue weighted by molar-refractivity contribution is 0.0602. The molecule has 0 spiro atoms. The molecule has 0 bridgehead atoms. The number of esters is 1. The zero-order chi connectivity index (χ0) is 22.5. The van der Waals surface area contributed by atoms with E-state index < -0.39 is 5.97 Å². The Labute approximate surface area is 186 Å². The molecule has 0 aliphatic carbocycles. The highest BCUT2D eigenvalue weighted by molar-refractivity contribution is 6.01. The topological polar surface area (TPSA) is 70.8 Å². The molecule has 1 saturated heterocycles. The molecule has 2 heterocycles. The Morgan fingerprint density at radius 1 is 1.06 bits per heavy atom. The van der Waals surface area contributed by atoms with E-state index in [1.165, 1.54) is 24.8 Å². The number of methoxy groups -OCH3 is 1. The zero-order valence-electron chi connectivity index (χ0n) is 18.3. The van der Waals surface area contributed by atoms with Gasteiger partial charge in [-0.3, -0.25) is 4.90 Å². The molecule has 0 radical (unpaired) electrons. The van der Waals surface area contributed by atoms with Gasteiger partial charge in [-0.25, -0.2) is 9.18 Å². The van der Waals surface area contributed by atoms with Crippen molar-refractivity contribution in [3.63, 3.8) is 0 Å². The van der Waals surface area contributed by atoms with Crippen LogP contribution in [0.15, 0.2) is 53.1 Å². The van der Waals surface area contributed by atoms with Gasteiger partial charge >= 0.3 is 5.97 Å². The third-order valence-corrected chi connectivity index (χ3v) is 5.73. The summed E-state index contributed by atoms with van der Waals surface area (Å²) in [6, 6.07) is 13.7. The molecule has 1 N–H and O–H groups in total. The first-order valence-electron chi connectivity index (χ1n) is 10.7. The van der Waals surface area contributed by atoms with Gasteiger partial charge in [-0.15, -0.1) is 0 Å². The van der Waals surface area contributed by atoms with Gasteiger partial charge in [-0.05, 0) is 48.5 Å². The molecule has 7 nitrogen and oxygen atoms in total. The number of carbonyl (C=O) groups is 1. The normalized spacial score (nSPS) is 15.0. The van der Waals surface area contributed by atoms with Gasteiger partial charge in [0.05, 0.1) is 7.11 Å². The Balaban J connectivity index is 1.48. The highest BCUT2D eigenvalue weighted by atomic mass is 19.1. The average Bonchev–Trinajstić information content (AvgIpc) is 3.24. The number of ether oxygens (including phenoxy) is 1. The van der Waals surface area contributed by atoms with E-state index in [4.69, 9.17) is 9.26 Å². The molecular formula is C24H27FN4O3. The molecule has 0 unspecified atom stereocenters. The van der Waals surface area contributed by atoms with Crippen LogP contribution in [-0.2, 0) is 11.3 Å². The van der Waals surface area contributed by atoms with Crippen LogP contribution in [0.2, 0.25) is 0 Å². The molecule has 168 valence electrons. The van der Waals surface area contributed by atoms with Crippen LogP contribution in [0.1, 0.15) is 22.8 Å². The minimum atomic E-state index is -0.587. The van der Waals surface area contributed by atoms with Gasteiger partial charge in [0, 0.05) is 44.0 Å². The predicted octanol–water partition coefficient (Wildman–Crippen LogP) is 4.15. The Morgan fingerprint density at radius 3 is 2.34 bits per heavy atom. The third kappa shape index (κ3) is 4.98. The molecule has 1 aliphatic rings. The molecule has 2 aromatic carbocycles. The predicted molar refractivity (Wildman–Crippen MR) is 120 cm³/mol. The van der Waals surface area contributed by atoms with Crippen LogP contribution in [0.4, 0.5) is 16.0 Å². The number of aromatic nitrogens is 1. The number of anilines is 2. The molecule has 32 heavy (non-hydrogen) atoms. The van der Waals surface area contributed by atoms with E-state index in [-0.39, 0.29) is 17.3 Å². The summed E-state index contributed by atoms with van der Waals surface area (Å²) in [6.45, 7) is 8.56. The Kier molecular flexibility index (Phi) is 6.82. The Morgan fingerprint density at radius 2 is 1.72 bits per heavy atom. The molecule has 8 heteroatoms. The first-order valence-corrected chi connectivity index (χ1v) is 10.7. The standard InChI is InChI=1S/C24H27FN4O3/c1-3-28-12-14-29(15-13-28)16-17-4-10-20(11-5-17)26-23-21(24(30)31-2)22(27-32-23)18-6-8-19(25)9-7-18/h4-11,26H,3,12-16H2,1-2H3. The summed E-state index contributed by atoms with van der Waals surface area (Å²) in [7, 11) is 1.29. The number of hydrogen-bond donors (Lipinski definition) is 1. The van der Waals surface area contributed by atoms with E-state index in [9.17, 15) is 9.18 Å². The number of carbonyl (C=O) groups excluding carboxylic acids is 1. The van der Waals surface area contributed by atoms with Crippen LogP contribution >= 0.6 is 0 Å². The summed E-state index contributed by atoms with van der Waals surface area (Å²) in [6.07, 6.45) is 0. The second-order valence-electron chi connectivity index (χ2n) is 7.77. The van der Waals surface area contributed by atoms with Crippen molar-refractivity contribution in [1.29, 1.82) is 0 Å². The second kappa shape index (κ2) is 9.93. The summed E-state index contributed by atoms with van der Waals surface area (Å²) < 4.78 is 23.6. The maximum Gasteiger partial charge on any atom is 0.345 e. The summed E-state index contributed by atoms with van der Waals surface area (Å²) in [4.78, 5) is 17.3. The van der Waals surface area contributed by atoms with Gasteiger partial charge in [0.15, 0.2) is 5.56 Å². The SMILES string of the molecule is CCN1CCN(Cc2ccc(Nc3onc(-c4ccc(F)cc4)c3C(=O)OC)cc2)CC1. The molecule has 0 amide bonds. The monoisotopic (exact) mass is 438 g/mol. The number of benzene rings is 2. The summed E-state index contributed by atoms with van der Waals surface area (Å²) in [5, 5.41) is 7.13. The van der Waals surface area contributed by atoms with Gasteiger partial charge in [-0.2, -0.15) is 0 Å². The minimum Gasteiger partial charge on any atom is -0.465 e. The number of nitrogens with one attached hydrogen (secondary N) is 1. The van der Waals surface area contributed by atoms with Crippen molar-refractivity contribution in [2.24, 2.45) is 0 Å². The van der Waals surface area contributed by atoms with Crippen LogP contribution in [-0.4, -0.2) is 60.8 Å². The Bertz CT molecular complexity index is 1040. The van der Waals surface area contributed by atoms with Crippen LogP contribution in [0, 0.1) is 5.82 Å². The summed E-state index contributed by atoms with van der Waals surface area (Å²) in [5.74, 6) is -0.780. The van der Waals surface area contributed by atoms with Crippen LogP contribution < -0.4 is 5.32 Å². The van der Waals surface area contributed by atoms with Crippen molar-refractivity contribution in [3.05, 3.63) is 65.5 Å². The molecule has 0 atom stereocenters. The number of hydrogen-bond acceptors (Lipinski definition) is 7. The number of piperazine rings is 1. The van der Waals surface area contributed by atoms with Crippen molar-refractivity contribution in [2.45, 2.75) is 13.5 Å². The van der Waals surface area contributed by atoms with Crippen molar-refractivity contribution in [3.8, 4) is 11.3 Å². The smallest absolute Gasteiger partial charge is 0.345 e. The Hall–Kier alpha value is -3.23. The van der Waals surface area contributed by atoms with Crippen molar-refractivity contribution in [1.82, 2.24) is 15.0 Å². The summed E-state index contributed by atoms with van der Waals surface area (Å²) in [5.41, 5.74) is 3.00. The lowest BCUT2D eigenvalue weighted by atomic mass is 10.1. The first-order chi connectivity index (χ1) is 15.6. The highest BCUT2D eigenvalue weighted by Crippen LogP contribution is 2.31. The fraction of sp³-hybridized carbons (Fsp3) is 0.333. The number of rotatable bonds is 7. The average molecular weight is 439 g/mol.